The Morgan fingerprint density at radius 1 is 1.69 bits per heavy atom. The maximum atomic E-state index is 11.4. The highest BCUT2D eigenvalue weighted by molar-refractivity contribution is 6.03. The first kappa shape index (κ1) is 9.72. The number of imide groups is 1. The first-order chi connectivity index (χ1) is 6.11. The van der Waals surface area contributed by atoms with E-state index < -0.39 is 6.04 Å². The molecule has 2 atom stereocenters. The lowest BCUT2D eigenvalue weighted by Gasteiger charge is -2.18. The summed E-state index contributed by atoms with van der Waals surface area (Å²) in [5, 5.41) is 8.71. The van der Waals surface area contributed by atoms with Crippen molar-refractivity contribution in [3.8, 4) is 6.07 Å². The molecule has 0 spiro atoms. The third-order valence-corrected chi connectivity index (χ3v) is 2.26. The fourth-order valence-electron chi connectivity index (χ4n) is 1.47. The highest BCUT2D eigenvalue weighted by atomic mass is 16.2. The molecule has 1 rings (SSSR count). The molecule has 1 saturated heterocycles. The SMILES string of the molecule is CCC(C#N)N1C(=O)CC(C)C1=O. The molecule has 0 aromatic rings. The summed E-state index contributed by atoms with van der Waals surface area (Å²) in [6.07, 6.45) is 0.748. The molecule has 0 aliphatic carbocycles. The van der Waals surface area contributed by atoms with E-state index in [0.717, 1.165) is 4.90 Å². The maximum Gasteiger partial charge on any atom is 0.233 e. The Morgan fingerprint density at radius 2 is 2.31 bits per heavy atom. The van der Waals surface area contributed by atoms with Gasteiger partial charge >= 0.3 is 0 Å². The van der Waals surface area contributed by atoms with Gasteiger partial charge in [0.2, 0.25) is 11.8 Å². The molecule has 1 aliphatic heterocycles. The average Bonchev–Trinajstić information content (AvgIpc) is 2.34. The lowest BCUT2D eigenvalue weighted by atomic mass is 10.1. The van der Waals surface area contributed by atoms with Crippen LogP contribution in [0, 0.1) is 17.2 Å². The number of amides is 2. The van der Waals surface area contributed by atoms with E-state index in [4.69, 9.17) is 5.26 Å². The predicted molar refractivity (Wildman–Crippen MR) is 45.3 cm³/mol. The van der Waals surface area contributed by atoms with Crippen LogP contribution < -0.4 is 0 Å². The molecule has 2 unspecified atom stereocenters. The molecule has 1 fully saturated rings. The van der Waals surface area contributed by atoms with E-state index in [-0.39, 0.29) is 24.2 Å². The van der Waals surface area contributed by atoms with Crippen LogP contribution in [0.25, 0.3) is 0 Å². The van der Waals surface area contributed by atoms with E-state index in [0.29, 0.717) is 6.42 Å². The molecule has 0 N–H and O–H groups in total. The minimum absolute atomic E-state index is 0.210. The van der Waals surface area contributed by atoms with Crippen molar-refractivity contribution in [1.82, 2.24) is 4.90 Å². The van der Waals surface area contributed by atoms with Crippen LogP contribution in [0.2, 0.25) is 0 Å². The molecule has 0 bridgehead atoms. The van der Waals surface area contributed by atoms with E-state index in [1.807, 2.05) is 6.07 Å². The van der Waals surface area contributed by atoms with Crippen molar-refractivity contribution in [3.05, 3.63) is 0 Å². The predicted octanol–water partition coefficient (Wildman–Crippen LogP) is 0.684. The number of nitrogens with zero attached hydrogens (tertiary/aromatic N) is 2. The number of carbonyl (C=O) groups is 2. The molecule has 2 amide bonds. The van der Waals surface area contributed by atoms with Gasteiger partial charge in [-0.3, -0.25) is 14.5 Å². The molecule has 13 heavy (non-hydrogen) atoms. The second-order valence-corrected chi connectivity index (χ2v) is 3.26. The van der Waals surface area contributed by atoms with Gasteiger partial charge in [0.1, 0.15) is 6.04 Å². The van der Waals surface area contributed by atoms with Crippen LogP contribution in [0.5, 0.6) is 0 Å². The largest absolute Gasteiger partial charge is 0.274 e. The van der Waals surface area contributed by atoms with E-state index in [2.05, 4.69) is 0 Å². The lowest BCUT2D eigenvalue weighted by molar-refractivity contribution is -0.140. The Morgan fingerprint density at radius 3 is 2.62 bits per heavy atom. The first-order valence-corrected chi connectivity index (χ1v) is 4.37. The van der Waals surface area contributed by atoms with Gasteiger partial charge in [0.05, 0.1) is 6.07 Å². The van der Waals surface area contributed by atoms with Crippen molar-refractivity contribution in [3.63, 3.8) is 0 Å². The molecule has 0 aromatic carbocycles. The minimum Gasteiger partial charge on any atom is -0.274 e. The molecule has 0 saturated carbocycles. The van der Waals surface area contributed by atoms with Gasteiger partial charge in [-0.2, -0.15) is 5.26 Å². The van der Waals surface area contributed by atoms with E-state index >= 15 is 0 Å². The van der Waals surface area contributed by atoms with Crippen LogP contribution in [0.4, 0.5) is 0 Å². The van der Waals surface area contributed by atoms with Crippen LogP contribution in [-0.2, 0) is 9.59 Å². The van der Waals surface area contributed by atoms with Crippen molar-refractivity contribution < 1.29 is 9.59 Å². The summed E-state index contributed by atoms with van der Waals surface area (Å²) in [4.78, 5) is 23.8. The maximum absolute atomic E-state index is 11.4. The van der Waals surface area contributed by atoms with Crippen molar-refractivity contribution >= 4 is 11.8 Å². The summed E-state index contributed by atoms with van der Waals surface area (Å²) in [7, 11) is 0. The topological polar surface area (TPSA) is 61.2 Å². The Kier molecular flexibility index (Phi) is 2.66. The van der Waals surface area contributed by atoms with Crippen molar-refractivity contribution in [2.75, 3.05) is 0 Å². The van der Waals surface area contributed by atoms with Gasteiger partial charge in [-0.25, -0.2) is 0 Å². The summed E-state index contributed by atoms with van der Waals surface area (Å²) in [6, 6.07) is 1.38. The van der Waals surface area contributed by atoms with E-state index in [1.54, 1.807) is 13.8 Å². The zero-order valence-electron chi connectivity index (χ0n) is 7.78. The normalized spacial score (nSPS) is 24.7. The molecule has 4 nitrogen and oxygen atoms in total. The summed E-state index contributed by atoms with van der Waals surface area (Å²) < 4.78 is 0. The van der Waals surface area contributed by atoms with Gasteiger partial charge in [0.15, 0.2) is 0 Å². The van der Waals surface area contributed by atoms with Crippen LogP contribution in [0.3, 0.4) is 0 Å². The standard InChI is InChI=1S/C9H12N2O2/c1-3-7(5-10)11-8(12)4-6(2)9(11)13/h6-7H,3-4H2,1-2H3. The number of carbonyl (C=O) groups excluding carboxylic acids is 2. The van der Waals surface area contributed by atoms with Gasteiger partial charge in [0, 0.05) is 12.3 Å². The van der Waals surface area contributed by atoms with Gasteiger partial charge in [0.25, 0.3) is 0 Å². The molecular formula is C9H12N2O2. The first-order valence-electron chi connectivity index (χ1n) is 4.37. The van der Waals surface area contributed by atoms with Gasteiger partial charge < -0.3 is 0 Å². The Balaban J connectivity index is 2.86. The number of hydrogen-bond donors (Lipinski definition) is 0. The molecule has 70 valence electrons. The second kappa shape index (κ2) is 3.56. The Hall–Kier alpha value is -1.37. The average molecular weight is 180 g/mol. The smallest absolute Gasteiger partial charge is 0.233 e. The van der Waals surface area contributed by atoms with E-state index in [1.165, 1.54) is 0 Å². The number of rotatable bonds is 2. The fraction of sp³-hybridized carbons (Fsp3) is 0.667. The number of nitriles is 1. The molecule has 1 heterocycles. The molecule has 0 radical (unpaired) electrons. The number of hydrogen-bond acceptors (Lipinski definition) is 3. The summed E-state index contributed by atoms with van der Waals surface area (Å²) in [5.74, 6) is -0.681. The summed E-state index contributed by atoms with van der Waals surface area (Å²) >= 11 is 0. The quantitative estimate of drug-likeness (QED) is 0.587. The van der Waals surface area contributed by atoms with Gasteiger partial charge in [-0.1, -0.05) is 13.8 Å². The van der Waals surface area contributed by atoms with Crippen LogP contribution >= 0.6 is 0 Å². The van der Waals surface area contributed by atoms with E-state index in [9.17, 15) is 9.59 Å². The molecule has 1 aliphatic rings. The van der Waals surface area contributed by atoms with Crippen molar-refractivity contribution in [1.29, 1.82) is 5.26 Å². The third kappa shape index (κ3) is 1.55. The zero-order chi connectivity index (χ0) is 10.0. The molecule has 0 aromatic heterocycles. The minimum atomic E-state index is -0.579. The third-order valence-electron chi connectivity index (χ3n) is 2.26. The molecular weight excluding hydrogens is 168 g/mol. The highest BCUT2D eigenvalue weighted by Gasteiger charge is 2.39. The Bertz CT molecular complexity index is 280. The van der Waals surface area contributed by atoms with Crippen LogP contribution in [0.15, 0.2) is 0 Å². The molecule has 4 heteroatoms. The number of likely N-dealkylation sites (tertiary alicyclic amines) is 1. The van der Waals surface area contributed by atoms with Crippen LogP contribution in [-0.4, -0.2) is 22.8 Å². The summed E-state index contributed by atoms with van der Waals surface area (Å²) in [6.45, 7) is 3.50. The van der Waals surface area contributed by atoms with Gasteiger partial charge in [-0.15, -0.1) is 0 Å². The van der Waals surface area contributed by atoms with Crippen molar-refractivity contribution in [2.24, 2.45) is 5.92 Å². The van der Waals surface area contributed by atoms with Crippen molar-refractivity contribution in [2.45, 2.75) is 32.7 Å². The zero-order valence-corrected chi connectivity index (χ0v) is 7.78. The van der Waals surface area contributed by atoms with Gasteiger partial charge in [-0.05, 0) is 6.42 Å². The highest BCUT2D eigenvalue weighted by Crippen LogP contribution is 2.21. The summed E-state index contributed by atoms with van der Waals surface area (Å²) in [5.41, 5.74) is 0. The fourth-order valence-corrected chi connectivity index (χ4v) is 1.47. The van der Waals surface area contributed by atoms with Crippen LogP contribution in [0.1, 0.15) is 26.7 Å². The second-order valence-electron chi connectivity index (χ2n) is 3.26. The Labute approximate surface area is 77.1 Å². The lowest BCUT2D eigenvalue weighted by Crippen LogP contribution is -2.38. The monoisotopic (exact) mass is 180 g/mol.